The molecule has 0 atom stereocenters. The molecule has 3 aromatic rings. The molecule has 3 rings (SSSR count). The third-order valence-electron chi connectivity index (χ3n) is 3.84. The average Bonchev–Trinajstić information content (AvgIpc) is 3.06. The highest BCUT2D eigenvalue weighted by Crippen LogP contribution is 2.21. The smallest absolute Gasteiger partial charge is 0.313 e. The Morgan fingerprint density at radius 1 is 1.08 bits per heavy atom. The van der Waals surface area contributed by atoms with Crippen LogP contribution in [-0.2, 0) is 12.8 Å². The second kappa shape index (κ2) is 7.08. The summed E-state index contributed by atoms with van der Waals surface area (Å²) in [6.45, 7) is 4.01. The molecule has 1 N–H and O–H groups in total. The third-order valence-corrected chi connectivity index (χ3v) is 3.84. The van der Waals surface area contributed by atoms with E-state index in [1.54, 1.807) is 0 Å². The molecule has 0 radical (unpaired) electrons. The highest BCUT2D eigenvalue weighted by molar-refractivity contribution is 6.01. The fourth-order valence-electron chi connectivity index (χ4n) is 2.56. The summed E-state index contributed by atoms with van der Waals surface area (Å²) in [7, 11) is 0. The maximum absolute atomic E-state index is 12.4. The fourth-order valence-corrected chi connectivity index (χ4v) is 2.56. The lowest BCUT2D eigenvalue weighted by Gasteiger charge is -2.11. The Bertz CT molecular complexity index is 841. The molecular weight excluding hydrogens is 302 g/mol. The van der Waals surface area contributed by atoms with E-state index < -0.39 is 0 Å². The first kappa shape index (κ1) is 15.9. The summed E-state index contributed by atoms with van der Waals surface area (Å²) in [6.07, 6.45) is 1.34. The van der Waals surface area contributed by atoms with Gasteiger partial charge < -0.3 is 9.73 Å². The zero-order chi connectivity index (χ0) is 16.9. The van der Waals surface area contributed by atoms with Crippen LogP contribution in [0.3, 0.4) is 0 Å². The van der Waals surface area contributed by atoms with Gasteiger partial charge in [-0.3, -0.25) is 4.79 Å². The number of hydrogen-bond acceptors (Lipinski definition) is 4. The van der Waals surface area contributed by atoms with Crippen molar-refractivity contribution in [2.24, 2.45) is 0 Å². The lowest BCUT2D eigenvalue weighted by molar-refractivity contribution is 0.0988. The van der Waals surface area contributed by atoms with Crippen molar-refractivity contribution in [3.05, 3.63) is 77.0 Å². The molecule has 0 unspecified atom stereocenters. The number of aryl methyl sites for hydroxylation is 2. The van der Waals surface area contributed by atoms with Crippen molar-refractivity contribution < 1.29 is 9.21 Å². The SMILES string of the molecule is CCc1cccc(C)c1NC(=O)c1nnc(Cc2ccccc2)o1. The van der Waals surface area contributed by atoms with Crippen LogP contribution in [0.4, 0.5) is 5.69 Å². The van der Waals surface area contributed by atoms with E-state index in [2.05, 4.69) is 22.4 Å². The Morgan fingerprint density at radius 3 is 2.62 bits per heavy atom. The largest absolute Gasteiger partial charge is 0.417 e. The summed E-state index contributed by atoms with van der Waals surface area (Å²) >= 11 is 0. The van der Waals surface area contributed by atoms with E-state index in [9.17, 15) is 4.79 Å². The van der Waals surface area contributed by atoms with Gasteiger partial charge in [0.15, 0.2) is 0 Å². The summed E-state index contributed by atoms with van der Waals surface area (Å²) < 4.78 is 5.50. The molecule has 0 saturated carbocycles. The van der Waals surface area contributed by atoms with Gasteiger partial charge in [0.2, 0.25) is 5.89 Å². The fraction of sp³-hybridized carbons (Fsp3) is 0.211. The number of hydrogen-bond donors (Lipinski definition) is 1. The van der Waals surface area contributed by atoms with Gasteiger partial charge in [-0.25, -0.2) is 0 Å². The zero-order valence-electron chi connectivity index (χ0n) is 13.7. The van der Waals surface area contributed by atoms with Gasteiger partial charge in [-0.15, -0.1) is 10.2 Å². The van der Waals surface area contributed by atoms with Crippen LogP contribution in [0.25, 0.3) is 0 Å². The van der Waals surface area contributed by atoms with Crippen LogP contribution >= 0.6 is 0 Å². The van der Waals surface area contributed by atoms with Gasteiger partial charge in [-0.1, -0.05) is 55.5 Å². The number of nitrogens with one attached hydrogen (secondary N) is 1. The monoisotopic (exact) mass is 321 g/mol. The first-order valence-electron chi connectivity index (χ1n) is 7.93. The van der Waals surface area contributed by atoms with E-state index in [1.807, 2.05) is 55.5 Å². The molecule has 0 saturated heterocycles. The number of carbonyl (C=O) groups excluding carboxylic acids is 1. The first-order valence-corrected chi connectivity index (χ1v) is 7.93. The van der Waals surface area contributed by atoms with Gasteiger partial charge in [-0.2, -0.15) is 0 Å². The summed E-state index contributed by atoms with van der Waals surface area (Å²) in [5, 5.41) is 10.7. The molecule has 1 aromatic heterocycles. The number of para-hydroxylation sites is 1. The predicted octanol–water partition coefficient (Wildman–Crippen LogP) is 3.78. The van der Waals surface area contributed by atoms with Gasteiger partial charge >= 0.3 is 11.8 Å². The number of anilines is 1. The molecule has 1 amide bonds. The highest BCUT2D eigenvalue weighted by atomic mass is 16.4. The minimum absolute atomic E-state index is 0.0220. The van der Waals surface area contributed by atoms with Crippen LogP contribution in [0.5, 0.6) is 0 Å². The van der Waals surface area contributed by atoms with Gasteiger partial charge in [0.05, 0.1) is 6.42 Å². The van der Waals surface area contributed by atoms with Gasteiger partial charge in [0.25, 0.3) is 0 Å². The Labute approximate surface area is 140 Å². The molecule has 0 aliphatic carbocycles. The van der Waals surface area contributed by atoms with Gasteiger partial charge in [-0.05, 0) is 30.0 Å². The summed E-state index contributed by atoms with van der Waals surface area (Å²) in [6, 6.07) is 15.7. The molecule has 0 fully saturated rings. The lowest BCUT2D eigenvalue weighted by atomic mass is 10.1. The molecule has 5 heteroatoms. The van der Waals surface area contributed by atoms with E-state index in [0.29, 0.717) is 12.3 Å². The maximum Gasteiger partial charge on any atom is 0.313 e. The van der Waals surface area contributed by atoms with E-state index in [-0.39, 0.29) is 11.8 Å². The van der Waals surface area contributed by atoms with Crippen LogP contribution < -0.4 is 5.32 Å². The predicted molar refractivity (Wildman–Crippen MR) is 92.1 cm³/mol. The molecule has 1 heterocycles. The number of carbonyl (C=O) groups is 1. The topological polar surface area (TPSA) is 68.0 Å². The summed E-state index contributed by atoms with van der Waals surface area (Å²) in [4.78, 5) is 12.4. The van der Waals surface area contributed by atoms with Crippen molar-refractivity contribution in [3.63, 3.8) is 0 Å². The Morgan fingerprint density at radius 2 is 1.88 bits per heavy atom. The molecule has 24 heavy (non-hydrogen) atoms. The lowest BCUT2D eigenvalue weighted by Crippen LogP contribution is -2.14. The molecule has 0 spiro atoms. The molecule has 2 aromatic carbocycles. The molecule has 0 aliphatic heterocycles. The second-order valence-electron chi connectivity index (χ2n) is 5.58. The summed E-state index contributed by atoms with van der Waals surface area (Å²) in [5.41, 5.74) is 3.95. The minimum Gasteiger partial charge on any atom is -0.417 e. The van der Waals surface area contributed by atoms with E-state index in [1.165, 1.54) is 0 Å². The van der Waals surface area contributed by atoms with Crippen LogP contribution in [0.15, 0.2) is 52.9 Å². The van der Waals surface area contributed by atoms with E-state index in [4.69, 9.17) is 4.42 Å². The van der Waals surface area contributed by atoms with Crippen molar-refractivity contribution in [1.29, 1.82) is 0 Å². The number of amides is 1. The van der Waals surface area contributed by atoms with Crippen LogP contribution in [0.2, 0.25) is 0 Å². The molecule has 122 valence electrons. The minimum atomic E-state index is -0.384. The second-order valence-corrected chi connectivity index (χ2v) is 5.58. The van der Waals surface area contributed by atoms with E-state index >= 15 is 0 Å². The Kier molecular flexibility index (Phi) is 4.70. The summed E-state index contributed by atoms with van der Waals surface area (Å²) in [5.74, 6) is 0.0175. The number of benzene rings is 2. The molecule has 5 nitrogen and oxygen atoms in total. The maximum atomic E-state index is 12.4. The van der Waals surface area contributed by atoms with Crippen molar-refractivity contribution in [1.82, 2.24) is 10.2 Å². The third kappa shape index (κ3) is 3.51. The standard InChI is InChI=1S/C19H19N3O2/c1-3-15-11-7-8-13(2)17(15)20-18(23)19-22-21-16(24-19)12-14-9-5-4-6-10-14/h4-11H,3,12H2,1-2H3,(H,20,23). The average molecular weight is 321 g/mol. The van der Waals surface area contributed by atoms with Crippen molar-refractivity contribution >= 4 is 11.6 Å². The van der Waals surface area contributed by atoms with Gasteiger partial charge in [0, 0.05) is 5.69 Å². The molecule has 0 aliphatic rings. The van der Waals surface area contributed by atoms with Crippen molar-refractivity contribution in [2.45, 2.75) is 26.7 Å². The van der Waals surface area contributed by atoms with Crippen LogP contribution in [0, 0.1) is 6.92 Å². The van der Waals surface area contributed by atoms with Crippen molar-refractivity contribution in [2.75, 3.05) is 5.32 Å². The number of nitrogens with zero attached hydrogens (tertiary/aromatic N) is 2. The Balaban J connectivity index is 1.75. The van der Waals surface area contributed by atoms with Crippen molar-refractivity contribution in [3.8, 4) is 0 Å². The van der Waals surface area contributed by atoms with E-state index in [0.717, 1.165) is 28.8 Å². The molecular formula is C19H19N3O2. The zero-order valence-corrected chi connectivity index (χ0v) is 13.7. The first-order chi connectivity index (χ1) is 11.7. The highest BCUT2D eigenvalue weighted by Gasteiger charge is 2.17. The van der Waals surface area contributed by atoms with Crippen LogP contribution in [-0.4, -0.2) is 16.1 Å². The Hall–Kier alpha value is -2.95. The van der Waals surface area contributed by atoms with Gasteiger partial charge in [0.1, 0.15) is 0 Å². The number of rotatable bonds is 5. The number of aromatic nitrogens is 2. The quantitative estimate of drug-likeness (QED) is 0.776. The van der Waals surface area contributed by atoms with Crippen LogP contribution in [0.1, 0.15) is 40.2 Å². The normalized spacial score (nSPS) is 10.6. The molecule has 0 bridgehead atoms.